The third-order valence-corrected chi connectivity index (χ3v) is 5.45. The molecular formula is C18H26N2O. The van der Waals surface area contributed by atoms with Crippen LogP contribution in [0.2, 0.25) is 0 Å². The summed E-state index contributed by atoms with van der Waals surface area (Å²) in [7, 11) is 1.92. The molecule has 2 fully saturated rings. The largest absolute Gasteiger partial charge is 0.354 e. The second-order valence-corrected chi connectivity index (χ2v) is 6.76. The standard InChI is InChI=1S/C18H26N2O/c1-19-9-10-20-17(21)18(12-14-5-3-2-4-6-14)13-15-7-8-16(18)11-15/h2-6,15-16,19H,7-13H2,1H3,(H,20,21). The maximum atomic E-state index is 12.9. The molecule has 1 amide bonds. The summed E-state index contributed by atoms with van der Waals surface area (Å²) >= 11 is 0. The van der Waals surface area contributed by atoms with Crippen molar-refractivity contribution in [1.82, 2.24) is 10.6 Å². The predicted molar refractivity (Wildman–Crippen MR) is 85.0 cm³/mol. The van der Waals surface area contributed by atoms with Gasteiger partial charge in [0.05, 0.1) is 5.41 Å². The quantitative estimate of drug-likeness (QED) is 0.788. The molecule has 0 heterocycles. The van der Waals surface area contributed by atoms with Crippen LogP contribution < -0.4 is 10.6 Å². The first-order valence-electron chi connectivity index (χ1n) is 8.21. The lowest BCUT2D eigenvalue weighted by molar-refractivity contribution is -0.134. The second kappa shape index (κ2) is 6.18. The van der Waals surface area contributed by atoms with Crippen LogP contribution in [0.5, 0.6) is 0 Å². The first kappa shape index (κ1) is 14.6. The van der Waals surface area contributed by atoms with Gasteiger partial charge in [0.15, 0.2) is 0 Å². The first-order valence-corrected chi connectivity index (χ1v) is 8.21. The van der Waals surface area contributed by atoms with Crippen molar-refractivity contribution in [1.29, 1.82) is 0 Å². The maximum Gasteiger partial charge on any atom is 0.226 e. The fourth-order valence-electron chi connectivity index (χ4n) is 4.46. The molecule has 3 unspecified atom stereocenters. The van der Waals surface area contributed by atoms with Crippen LogP contribution in [0, 0.1) is 17.3 Å². The minimum absolute atomic E-state index is 0.155. The van der Waals surface area contributed by atoms with E-state index in [4.69, 9.17) is 0 Å². The molecule has 2 aliphatic rings. The van der Waals surface area contributed by atoms with Crippen molar-refractivity contribution in [2.24, 2.45) is 17.3 Å². The molecule has 3 rings (SSSR count). The van der Waals surface area contributed by atoms with Crippen LogP contribution >= 0.6 is 0 Å². The highest BCUT2D eigenvalue weighted by molar-refractivity contribution is 5.84. The van der Waals surface area contributed by atoms with Gasteiger partial charge >= 0.3 is 0 Å². The highest BCUT2D eigenvalue weighted by Gasteiger charge is 2.55. The fraction of sp³-hybridized carbons (Fsp3) is 0.611. The van der Waals surface area contributed by atoms with E-state index in [1.54, 1.807) is 0 Å². The average Bonchev–Trinajstić information content (AvgIpc) is 3.10. The molecule has 2 bridgehead atoms. The lowest BCUT2D eigenvalue weighted by Gasteiger charge is -2.36. The molecule has 2 saturated carbocycles. The maximum absolute atomic E-state index is 12.9. The molecule has 2 aliphatic carbocycles. The smallest absolute Gasteiger partial charge is 0.226 e. The summed E-state index contributed by atoms with van der Waals surface area (Å²) in [6, 6.07) is 10.5. The van der Waals surface area contributed by atoms with Gasteiger partial charge in [-0.05, 0) is 50.1 Å². The highest BCUT2D eigenvalue weighted by atomic mass is 16.2. The van der Waals surface area contributed by atoms with Crippen molar-refractivity contribution in [2.75, 3.05) is 20.1 Å². The zero-order valence-electron chi connectivity index (χ0n) is 12.9. The van der Waals surface area contributed by atoms with E-state index in [1.165, 1.54) is 24.8 Å². The summed E-state index contributed by atoms with van der Waals surface area (Å²) in [5.41, 5.74) is 1.15. The van der Waals surface area contributed by atoms with Gasteiger partial charge in [-0.1, -0.05) is 36.8 Å². The number of benzene rings is 1. The summed E-state index contributed by atoms with van der Waals surface area (Å²) in [6.07, 6.45) is 5.80. The van der Waals surface area contributed by atoms with E-state index in [9.17, 15) is 4.79 Å². The van der Waals surface area contributed by atoms with Gasteiger partial charge < -0.3 is 10.6 Å². The molecule has 0 spiro atoms. The van der Waals surface area contributed by atoms with Crippen LogP contribution in [0.25, 0.3) is 0 Å². The number of carbonyl (C=O) groups excluding carboxylic acids is 1. The van der Waals surface area contributed by atoms with E-state index < -0.39 is 0 Å². The minimum atomic E-state index is -0.155. The van der Waals surface area contributed by atoms with Gasteiger partial charge in [-0.25, -0.2) is 0 Å². The summed E-state index contributed by atoms with van der Waals surface area (Å²) in [5.74, 6) is 1.64. The Hall–Kier alpha value is -1.35. The van der Waals surface area contributed by atoms with Gasteiger partial charge in [0.2, 0.25) is 5.91 Å². The van der Waals surface area contributed by atoms with Crippen LogP contribution in [0.4, 0.5) is 0 Å². The number of nitrogens with one attached hydrogen (secondary N) is 2. The number of hydrogen-bond donors (Lipinski definition) is 2. The Bertz CT molecular complexity index is 487. The number of hydrogen-bond acceptors (Lipinski definition) is 2. The molecule has 3 nitrogen and oxygen atoms in total. The zero-order valence-corrected chi connectivity index (χ0v) is 12.9. The Labute approximate surface area is 127 Å². The monoisotopic (exact) mass is 286 g/mol. The van der Waals surface area contributed by atoms with Gasteiger partial charge in [-0.3, -0.25) is 4.79 Å². The highest BCUT2D eigenvalue weighted by Crippen LogP contribution is 2.57. The van der Waals surface area contributed by atoms with Gasteiger partial charge in [-0.15, -0.1) is 0 Å². The Morgan fingerprint density at radius 3 is 2.67 bits per heavy atom. The summed E-state index contributed by atoms with van der Waals surface area (Å²) < 4.78 is 0. The normalized spacial score (nSPS) is 30.5. The van der Waals surface area contributed by atoms with Crippen LogP contribution in [0.1, 0.15) is 31.2 Å². The van der Waals surface area contributed by atoms with Crippen molar-refractivity contribution >= 4 is 5.91 Å². The predicted octanol–water partition coefficient (Wildman–Crippen LogP) is 2.37. The van der Waals surface area contributed by atoms with E-state index >= 15 is 0 Å². The lowest BCUT2D eigenvalue weighted by Crippen LogP contribution is -2.47. The van der Waals surface area contributed by atoms with Crippen molar-refractivity contribution in [2.45, 2.75) is 32.1 Å². The molecule has 1 aromatic carbocycles. The van der Waals surface area contributed by atoms with Gasteiger partial charge in [-0.2, -0.15) is 0 Å². The number of fused-ring (bicyclic) bond motifs is 2. The van der Waals surface area contributed by atoms with Gasteiger partial charge in [0.25, 0.3) is 0 Å². The van der Waals surface area contributed by atoms with Crippen LogP contribution in [0.3, 0.4) is 0 Å². The Balaban J connectivity index is 1.77. The average molecular weight is 286 g/mol. The van der Waals surface area contributed by atoms with Crippen molar-refractivity contribution in [3.05, 3.63) is 35.9 Å². The molecule has 0 radical (unpaired) electrons. The summed E-state index contributed by atoms with van der Waals surface area (Å²) in [4.78, 5) is 12.9. The van der Waals surface area contributed by atoms with Crippen LogP contribution in [-0.2, 0) is 11.2 Å². The van der Waals surface area contributed by atoms with E-state index in [1.807, 2.05) is 13.1 Å². The van der Waals surface area contributed by atoms with Crippen LogP contribution in [-0.4, -0.2) is 26.0 Å². The van der Waals surface area contributed by atoms with E-state index in [-0.39, 0.29) is 11.3 Å². The Morgan fingerprint density at radius 2 is 2.05 bits per heavy atom. The topological polar surface area (TPSA) is 41.1 Å². The molecular weight excluding hydrogens is 260 g/mol. The SMILES string of the molecule is CNCCNC(=O)C1(Cc2ccccc2)CC2CCC1C2. The zero-order chi connectivity index (χ0) is 14.7. The molecule has 0 aromatic heterocycles. The lowest BCUT2D eigenvalue weighted by atomic mass is 9.68. The third-order valence-electron chi connectivity index (χ3n) is 5.45. The number of amides is 1. The van der Waals surface area contributed by atoms with Gasteiger partial charge in [0.1, 0.15) is 0 Å². The van der Waals surface area contributed by atoms with E-state index in [0.29, 0.717) is 5.92 Å². The molecule has 21 heavy (non-hydrogen) atoms. The molecule has 2 N–H and O–H groups in total. The fourth-order valence-corrected chi connectivity index (χ4v) is 4.46. The Morgan fingerprint density at radius 1 is 1.24 bits per heavy atom. The van der Waals surface area contributed by atoms with E-state index in [0.717, 1.165) is 31.8 Å². The third kappa shape index (κ3) is 2.84. The van der Waals surface area contributed by atoms with E-state index in [2.05, 4.69) is 34.9 Å². The number of carbonyl (C=O) groups is 1. The molecule has 1 aromatic rings. The van der Waals surface area contributed by atoms with Crippen LogP contribution in [0.15, 0.2) is 30.3 Å². The molecule has 3 heteroatoms. The molecule has 114 valence electrons. The van der Waals surface area contributed by atoms with Gasteiger partial charge in [0, 0.05) is 13.1 Å². The number of likely N-dealkylation sites (N-methyl/N-ethyl adjacent to an activating group) is 1. The van der Waals surface area contributed by atoms with Crippen molar-refractivity contribution in [3.63, 3.8) is 0 Å². The number of rotatable bonds is 6. The molecule has 0 saturated heterocycles. The van der Waals surface area contributed by atoms with Crippen molar-refractivity contribution < 1.29 is 4.79 Å². The van der Waals surface area contributed by atoms with Crippen molar-refractivity contribution in [3.8, 4) is 0 Å². The first-order chi connectivity index (χ1) is 10.2. The minimum Gasteiger partial charge on any atom is -0.354 e. The second-order valence-electron chi connectivity index (χ2n) is 6.76. The summed E-state index contributed by atoms with van der Waals surface area (Å²) in [6.45, 7) is 1.56. The summed E-state index contributed by atoms with van der Waals surface area (Å²) in [5, 5.41) is 6.27. The molecule has 3 atom stereocenters. The Kier molecular flexibility index (Phi) is 4.29. The molecule has 0 aliphatic heterocycles.